The summed E-state index contributed by atoms with van der Waals surface area (Å²) in [5, 5.41) is 2.68. The highest BCUT2D eigenvalue weighted by molar-refractivity contribution is 5.95. The molecule has 0 aliphatic heterocycles. The summed E-state index contributed by atoms with van der Waals surface area (Å²) in [5.74, 6) is -0.117. The van der Waals surface area contributed by atoms with Crippen LogP contribution in [0.2, 0.25) is 0 Å². The van der Waals surface area contributed by atoms with Crippen LogP contribution in [-0.2, 0) is 9.53 Å². The molecule has 1 aromatic rings. The predicted octanol–water partition coefficient (Wildman–Crippen LogP) is 3.78. The highest BCUT2D eigenvalue weighted by Gasteiger charge is 2.15. The van der Waals surface area contributed by atoms with Gasteiger partial charge in [0.25, 0.3) is 0 Å². The third-order valence-corrected chi connectivity index (χ3v) is 3.01. The van der Waals surface area contributed by atoms with Gasteiger partial charge in [-0.15, -0.1) is 0 Å². The predicted molar refractivity (Wildman–Crippen MR) is 86.3 cm³/mol. The Bertz CT molecular complexity index is 499. The lowest BCUT2D eigenvalue weighted by atomic mass is 10.1. The second-order valence-corrected chi connectivity index (χ2v) is 5.08. The van der Waals surface area contributed by atoms with Crippen LogP contribution >= 0.6 is 0 Å². The lowest BCUT2D eigenvalue weighted by molar-refractivity contribution is -0.114. The smallest absolute Gasteiger partial charge is 0.341 e. The van der Waals surface area contributed by atoms with Crippen LogP contribution in [0.15, 0.2) is 18.2 Å². The molecule has 0 fully saturated rings. The number of hydrogen-bond acceptors (Lipinski definition) is 4. The quantitative estimate of drug-likeness (QED) is 0.557. The highest BCUT2D eigenvalue weighted by Crippen LogP contribution is 2.25. The molecule has 0 aliphatic rings. The summed E-state index contributed by atoms with van der Waals surface area (Å²) < 4.78 is 10.9. The van der Waals surface area contributed by atoms with Gasteiger partial charge in [-0.3, -0.25) is 4.79 Å². The summed E-state index contributed by atoms with van der Waals surface area (Å²) >= 11 is 0. The Morgan fingerprint density at radius 2 is 1.77 bits per heavy atom. The maximum absolute atomic E-state index is 12.1. The molecule has 0 atom stereocenters. The molecule has 5 nitrogen and oxygen atoms in total. The molecule has 0 bridgehead atoms. The van der Waals surface area contributed by atoms with Gasteiger partial charge in [0, 0.05) is 18.7 Å². The summed E-state index contributed by atoms with van der Waals surface area (Å²) in [7, 11) is 0. The number of hydrogen-bond donors (Lipinski definition) is 1. The van der Waals surface area contributed by atoms with E-state index in [4.69, 9.17) is 9.47 Å². The van der Waals surface area contributed by atoms with Crippen molar-refractivity contribution in [2.24, 2.45) is 0 Å². The second kappa shape index (κ2) is 9.82. The van der Waals surface area contributed by atoms with Crippen molar-refractivity contribution in [1.82, 2.24) is 0 Å². The van der Waals surface area contributed by atoms with Crippen LogP contribution in [0, 0.1) is 0 Å². The van der Waals surface area contributed by atoms with Gasteiger partial charge in [-0.1, -0.05) is 26.7 Å². The monoisotopic (exact) mass is 307 g/mol. The van der Waals surface area contributed by atoms with Crippen molar-refractivity contribution in [1.29, 1.82) is 0 Å². The zero-order valence-electron chi connectivity index (χ0n) is 13.6. The lowest BCUT2D eigenvalue weighted by Crippen LogP contribution is -2.11. The van der Waals surface area contributed by atoms with Gasteiger partial charge in [0.05, 0.1) is 13.2 Å². The van der Waals surface area contributed by atoms with Crippen molar-refractivity contribution in [2.75, 3.05) is 18.5 Å². The van der Waals surface area contributed by atoms with Crippen LogP contribution in [0.5, 0.6) is 5.75 Å². The molecule has 122 valence electrons. The van der Waals surface area contributed by atoms with Crippen LogP contribution in [0.4, 0.5) is 5.69 Å². The zero-order chi connectivity index (χ0) is 16.4. The zero-order valence-corrected chi connectivity index (χ0v) is 13.6. The average molecular weight is 307 g/mol. The Balaban J connectivity index is 2.87. The van der Waals surface area contributed by atoms with Crippen LogP contribution in [0.1, 0.15) is 56.8 Å². The first-order chi connectivity index (χ1) is 10.6. The van der Waals surface area contributed by atoms with E-state index >= 15 is 0 Å². The van der Waals surface area contributed by atoms with E-state index in [1.165, 1.54) is 6.92 Å². The molecule has 1 rings (SSSR count). The van der Waals surface area contributed by atoms with Crippen molar-refractivity contribution in [3.8, 4) is 5.75 Å². The fourth-order valence-electron chi connectivity index (χ4n) is 1.80. The van der Waals surface area contributed by atoms with E-state index in [1.807, 2.05) is 6.92 Å². The first kappa shape index (κ1) is 18.0. The minimum atomic E-state index is -0.394. The first-order valence-corrected chi connectivity index (χ1v) is 7.80. The number of benzene rings is 1. The van der Waals surface area contributed by atoms with E-state index in [0.29, 0.717) is 30.2 Å². The van der Waals surface area contributed by atoms with Crippen LogP contribution < -0.4 is 10.1 Å². The Hall–Kier alpha value is -2.04. The minimum absolute atomic E-state index is 0.169. The SMILES string of the molecule is CCCCOC(=O)c1ccc(NC(C)=O)cc1OCCCC. The molecular formula is C17H25NO4. The number of anilines is 1. The standard InChI is InChI=1S/C17H25NO4/c1-4-6-10-21-16-12-14(18-13(3)19)8-9-15(16)17(20)22-11-7-5-2/h8-9,12H,4-7,10-11H2,1-3H3,(H,18,19). The number of rotatable bonds is 9. The number of amides is 1. The van der Waals surface area contributed by atoms with E-state index < -0.39 is 5.97 Å². The topological polar surface area (TPSA) is 64.6 Å². The Kier molecular flexibility index (Phi) is 8.04. The number of carbonyl (C=O) groups excluding carboxylic acids is 2. The van der Waals surface area contributed by atoms with E-state index in [9.17, 15) is 9.59 Å². The molecule has 1 amide bonds. The van der Waals surface area contributed by atoms with Gasteiger partial charge in [-0.05, 0) is 25.0 Å². The number of carbonyl (C=O) groups is 2. The molecule has 1 aromatic carbocycles. The number of nitrogens with one attached hydrogen (secondary N) is 1. The lowest BCUT2D eigenvalue weighted by Gasteiger charge is -2.13. The van der Waals surface area contributed by atoms with Crippen molar-refractivity contribution in [2.45, 2.75) is 46.5 Å². The molecule has 22 heavy (non-hydrogen) atoms. The Morgan fingerprint density at radius 3 is 2.41 bits per heavy atom. The molecule has 0 heterocycles. The van der Waals surface area contributed by atoms with Crippen LogP contribution in [0.25, 0.3) is 0 Å². The van der Waals surface area contributed by atoms with Crippen molar-refractivity contribution in [3.63, 3.8) is 0 Å². The second-order valence-electron chi connectivity index (χ2n) is 5.08. The number of unbranched alkanes of at least 4 members (excludes halogenated alkanes) is 2. The normalized spacial score (nSPS) is 10.1. The maximum atomic E-state index is 12.1. The van der Waals surface area contributed by atoms with Gasteiger partial charge in [-0.25, -0.2) is 4.79 Å². The summed E-state index contributed by atoms with van der Waals surface area (Å²) in [6.07, 6.45) is 3.70. The molecule has 0 unspecified atom stereocenters. The molecule has 0 saturated heterocycles. The van der Waals surface area contributed by atoms with Gasteiger partial charge >= 0.3 is 5.97 Å². The molecule has 0 spiro atoms. The number of esters is 1. The third-order valence-electron chi connectivity index (χ3n) is 3.01. The highest BCUT2D eigenvalue weighted by atomic mass is 16.5. The van der Waals surface area contributed by atoms with Crippen molar-refractivity contribution in [3.05, 3.63) is 23.8 Å². The fraction of sp³-hybridized carbons (Fsp3) is 0.529. The summed E-state index contributed by atoms with van der Waals surface area (Å²) in [4.78, 5) is 23.3. The van der Waals surface area contributed by atoms with Gasteiger partial charge in [0.15, 0.2) is 0 Å². The largest absolute Gasteiger partial charge is 0.493 e. The van der Waals surface area contributed by atoms with E-state index in [0.717, 1.165) is 25.7 Å². The molecular weight excluding hydrogens is 282 g/mol. The fourth-order valence-corrected chi connectivity index (χ4v) is 1.80. The molecule has 0 aromatic heterocycles. The summed E-state index contributed by atoms with van der Waals surface area (Å²) in [5.41, 5.74) is 0.991. The minimum Gasteiger partial charge on any atom is -0.493 e. The molecule has 5 heteroatoms. The van der Waals surface area contributed by atoms with E-state index in [2.05, 4.69) is 12.2 Å². The van der Waals surface area contributed by atoms with Gasteiger partial charge in [-0.2, -0.15) is 0 Å². The molecule has 0 aliphatic carbocycles. The average Bonchev–Trinajstić information content (AvgIpc) is 2.47. The van der Waals surface area contributed by atoms with Crippen molar-refractivity contribution < 1.29 is 19.1 Å². The maximum Gasteiger partial charge on any atom is 0.341 e. The number of ether oxygens (including phenoxy) is 2. The molecule has 0 radical (unpaired) electrons. The molecule has 0 saturated carbocycles. The van der Waals surface area contributed by atoms with E-state index in [-0.39, 0.29) is 5.91 Å². The Morgan fingerprint density at radius 1 is 1.09 bits per heavy atom. The van der Waals surface area contributed by atoms with Crippen molar-refractivity contribution >= 4 is 17.6 Å². The van der Waals surface area contributed by atoms with E-state index in [1.54, 1.807) is 18.2 Å². The third kappa shape index (κ3) is 6.16. The summed E-state index contributed by atoms with van der Waals surface area (Å²) in [6.45, 7) is 6.46. The Labute approximate surface area is 132 Å². The first-order valence-electron chi connectivity index (χ1n) is 7.80. The van der Waals surface area contributed by atoms with Gasteiger partial charge < -0.3 is 14.8 Å². The van der Waals surface area contributed by atoms with Gasteiger partial charge in [0.2, 0.25) is 5.91 Å². The van der Waals surface area contributed by atoms with Crippen LogP contribution in [0.3, 0.4) is 0 Å². The van der Waals surface area contributed by atoms with Gasteiger partial charge in [0.1, 0.15) is 11.3 Å². The molecule has 1 N–H and O–H groups in total. The summed E-state index contributed by atoms with van der Waals surface area (Å²) in [6, 6.07) is 4.96. The van der Waals surface area contributed by atoms with Crippen LogP contribution in [-0.4, -0.2) is 25.1 Å².